The Kier molecular flexibility index (Phi) is 2.64. The van der Waals surface area contributed by atoms with Gasteiger partial charge < -0.3 is 14.6 Å². The standard InChI is InChI=1S/C16H20N2O/c1-11-7-14-9-13(15-10-17-4-6-19-15)8-12-3-2-5-18(11)16(12)14/h7-9,15,17H,2-6,10H2,1H3. The Hall–Kier alpha value is -1.32. The van der Waals surface area contributed by atoms with E-state index < -0.39 is 0 Å². The molecule has 2 aromatic rings. The van der Waals surface area contributed by atoms with Crippen LogP contribution in [0.3, 0.4) is 0 Å². The average molecular weight is 256 g/mol. The van der Waals surface area contributed by atoms with Gasteiger partial charge in [0.25, 0.3) is 0 Å². The Bertz CT molecular complexity index is 623. The molecule has 0 saturated carbocycles. The molecule has 3 heterocycles. The topological polar surface area (TPSA) is 26.2 Å². The van der Waals surface area contributed by atoms with E-state index >= 15 is 0 Å². The van der Waals surface area contributed by atoms with Gasteiger partial charge in [0.15, 0.2) is 0 Å². The minimum absolute atomic E-state index is 0.222. The van der Waals surface area contributed by atoms with Crippen molar-refractivity contribution in [2.45, 2.75) is 32.4 Å². The van der Waals surface area contributed by atoms with Gasteiger partial charge in [0.05, 0.1) is 18.2 Å². The monoisotopic (exact) mass is 256 g/mol. The van der Waals surface area contributed by atoms with Crippen LogP contribution in [0.2, 0.25) is 0 Å². The molecule has 1 aromatic heterocycles. The zero-order valence-corrected chi connectivity index (χ0v) is 11.4. The third kappa shape index (κ3) is 1.80. The van der Waals surface area contributed by atoms with Gasteiger partial charge in [0.2, 0.25) is 0 Å². The van der Waals surface area contributed by atoms with Gasteiger partial charge in [-0.15, -0.1) is 0 Å². The van der Waals surface area contributed by atoms with Crippen molar-refractivity contribution in [1.82, 2.24) is 9.88 Å². The molecule has 2 aliphatic rings. The van der Waals surface area contributed by atoms with Crippen LogP contribution in [0.4, 0.5) is 0 Å². The van der Waals surface area contributed by atoms with E-state index in [4.69, 9.17) is 4.74 Å². The normalized spacial score (nSPS) is 22.9. The lowest BCUT2D eigenvalue weighted by Gasteiger charge is -2.25. The van der Waals surface area contributed by atoms with Gasteiger partial charge in [-0.1, -0.05) is 6.07 Å². The van der Waals surface area contributed by atoms with E-state index in [9.17, 15) is 0 Å². The van der Waals surface area contributed by atoms with Gasteiger partial charge in [0.1, 0.15) is 0 Å². The fourth-order valence-electron chi connectivity index (χ4n) is 3.53. The van der Waals surface area contributed by atoms with Gasteiger partial charge in [-0.25, -0.2) is 0 Å². The first-order valence-corrected chi connectivity index (χ1v) is 7.28. The highest BCUT2D eigenvalue weighted by molar-refractivity contribution is 5.86. The number of ether oxygens (including phenoxy) is 1. The van der Waals surface area contributed by atoms with Crippen molar-refractivity contribution < 1.29 is 4.74 Å². The average Bonchev–Trinajstić information content (AvgIpc) is 2.78. The lowest BCUT2D eigenvalue weighted by atomic mass is 9.97. The van der Waals surface area contributed by atoms with Crippen LogP contribution in [0.5, 0.6) is 0 Å². The quantitative estimate of drug-likeness (QED) is 0.848. The summed E-state index contributed by atoms with van der Waals surface area (Å²) in [5.74, 6) is 0. The molecule has 3 nitrogen and oxygen atoms in total. The van der Waals surface area contributed by atoms with E-state index in [0.717, 1.165) is 19.7 Å². The van der Waals surface area contributed by atoms with Crippen molar-refractivity contribution in [2.24, 2.45) is 0 Å². The highest BCUT2D eigenvalue weighted by atomic mass is 16.5. The third-order valence-electron chi connectivity index (χ3n) is 4.43. The molecule has 0 spiro atoms. The Morgan fingerprint density at radius 3 is 3.11 bits per heavy atom. The molecular weight excluding hydrogens is 236 g/mol. The molecule has 2 aliphatic heterocycles. The van der Waals surface area contributed by atoms with E-state index in [1.807, 2.05) is 0 Å². The molecular formula is C16H20N2O. The molecule has 1 fully saturated rings. The van der Waals surface area contributed by atoms with E-state index in [0.29, 0.717) is 0 Å². The predicted molar refractivity (Wildman–Crippen MR) is 76.6 cm³/mol. The largest absolute Gasteiger partial charge is 0.371 e. The van der Waals surface area contributed by atoms with Crippen molar-refractivity contribution in [3.63, 3.8) is 0 Å². The van der Waals surface area contributed by atoms with Crippen LogP contribution in [-0.2, 0) is 17.7 Å². The van der Waals surface area contributed by atoms with Gasteiger partial charge >= 0.3 is 0 Å². The molecule has 1 N–H and O–H groups in total. The van der Waals surface area contributed by atoms with Crippen molar-refractivity contribution in [3.8, 4) is 0 Å². The predicted octanol–water partition coefficient (Wildman–Crippen LogP) is 2.56. The number of rotatable bonds is 1. The first kappa shape index (κ1) is 11.5. The summed E-state index contributed by atoms with van der Waals surface area (Å²) in [5, 5.41) is 4.81. The number of nitrogens with zero attached hydrogens (tertiary/aromatic N) is 1. The Morgan fingerprint density at radius 2 is 2.26 bits per heavy atom. The highest BCUT2D eigenvalue weighted by Crippen LogP contribution is 2.32. The molecule has 4 rings (SSSR count). The Balaban J connectivity index is 1.85. The van der Waals surface area contributed by atoms with Gasteiger partial charge in [-0.3, -0.25) is 0 Å². The summed E-state index contributed by atoms with van der Waals surface area (Å²) in [6.45, 7) is 6.11. The van der Waals surface area contributed by atoms with Crippen LogP contribution in [-0.4, -0.2) is 24.3 Å². The van der Waals surface area contributed by atoms with Crippen molar-refractivity contribution >= 4 is 10.9 Å². The summed E-state index contributed by atoms with van der Waals surface area (Å²) in [6, 6.07) is 7.02. The lowest BCUT2D eigenvalue weighted by Crippen LogP contribution is -2.33. The van der Waals surface area contributed by atoms with Crippen LogP contribution in [0.15, 0.2) is 18.2 Å². The fourth-order valence-corrected chi connectivity index (χ4v) is 3.53. The number of morpholine rings is 1. The van der Waals surface area contributed by atoms with Crippen LogP contribution in [0.1, 0.15) is 29.3 Å². The first-order chi connectivity index (χ1) is 9.33. The van der Waals surface area contributed by atoms with E-state index in [1.54, 1.807) is 0 Å². The van der Waals surface area contributed by atoms with Gasteiger partial charge in [-0.2, -0.15) is 0 Å². The van der Waals surface area contributed by atoms with Gasteiger partial charge in [-0.05, 0) is 43.0 Å². The molecule has 19 heavy (non-hydrogen) atoms. The highest BCUT2D eigenvalue weighted by Gasteiger charge is 2.20. The Morgan fingerprint density at radius 1 is 1.32 bits per heavy atom. The lowest BCUT2D eigenvalue weighted by molar-refractivity contribution is 0.0277. The number of hydrogen-bond donors (Lipinski definition) is 1. The van der Waals surface area contributed by atoms with Crippen LogP contribution in [0.25, 0.3) is 10.9 Å². The number of aromatic nitrogens is 1. The summed E-state index contributed by atoms with van der Waals surface area (Å²) >= 11 is 0. The Labute approximate surface area is 113 Å². The fraction of sp³-hybridized carbons (Fsp3) is 0.500. The number of aryl methyl sites for hydroxylation is 3. The zero-order chi connectivity index (χ0) is 12.8. The van der Waals surface area contributed by atoms with Crippen molar-refractivity contribution in [3.05, 3.63) is 35.0 Å². The van der Waals surface area contributed by atoms with E-state index in [-0.39, 0.29) is 6.10 Å². The molecule has 100 valence electrons. The number of nitrogens with one attached hydrogen (secondary N) is 1. The third-order valence-corrected chi connectivity index (χ3v) is 4.43. The molecule has 3 heteroatoms. The van der Waals surface area contributed by atoms with E-state index in [2.05, 4.69) is 35.0 Å². The van der Waals surface area contributed by atoms with Crippen molar-refractivity contribution in [2.75, 3.05) is 19.7 Å². The van der Waals surface area contributed by atoms with Gasteiger partial charge in [0, 0.05) is 30.7 Å². The molecule has 1 saturated heterocycles. The minimum Gasteiger partial charge on any atom is -0.371 e. The molecule has 1 unspecified atom stereocenters. The first-order valence-electron chi connectivity index (χ1n) is 7.28. The smallest absolute Gasteiger partial charge is 0.0950 e. The molecule has 0 bridgehead atoms. The SMILES string of the molecule is Cc1cc2cc(C3CNCCO3)cc3c2n1CCC3. The summed E-state index contributed by atoms with van der Waals surface area (Å²) in [5.41, 5.74) is 5.68. The summed E-state index contributed by atoms with van der Waals surface area (Å²) in [7, 11) is 0. The second-order valence-electron chi connectivity index (χ2n) is 5.72. The van der Waals surface area contributed by atoms with Crippen molar-refractivity contribution in [1.29, 1.82) is 0 Å². The summed E-state index contributed by atoms with van der Waals surface area (Å²) in [4.78, 5) is 0. The zero-order valence-electron chi connectivity index (χ0n) is 11.4. The molecule has 0 radical (unpaired) electrons. The molecule has 1 aromatic carbocycles. The van der Waals surface area contributed by atoms with Crippen LogP contribution < -0.4 is 5.32 Å². The number of benzene rings is 1. The summed E-state index contributed by atoms with van der Waals surface area (Å²) < 4.78 is 8.37. The summed E-state index contributed by atoms with van der Waals surface area (Å²) in [6.07, 6.45) is 2.68. The maximum atomic E-state index is 5.90. The minimum atomic E-state index is 0.222. The maximum absolute atomic E-state index is 5.90. The molecule has 0 amide bonds. The number of hydrogen-bond acceptors (Lipinski definition) is 2. The maximum Gasteiger partial charge on any atom is 0.0950 e. The molecule has 1 atom stereocenters. The van der Waals surface area contributed by atoms with Crippen LogP contribution >= 0.6 is 0 Å². The second-order valence-corrected chi connectivity index (χ2v) is 5.72. The van der Waals surface area contributed by atoms with E-state index in [1.165, 1.54) is 47.1 Å². The second kappa shape index (κ2) is 4.36. The van der Waals surface area contributed by atoms with Crippen LogP contribution in [0, 0.1) is 6.92 Å². The molecule has 0 aliphatic carbocycles.